The Labute approximate surface area is 154 Å². The third-order valence-corrected chi connectivity index (χ3v) is 4.80. The van der Waals surface area contributed by atoms with Crippen molar-refractivity contribution in [1.82, 2.24) is 29.7 Å². The Bertz CT molecular complexity index is 803. The fraction of sp³-hybridized carbons (Fsp3) is 0.471. The van der Waals surface area contributed by atoms with Gasteiger partial charge in [-0.15, -0.1) is 0 Å². The number of halogens is 2. The van der Waals surface area contributed by atoms with E-state index in [4.69, 9.17) is 0 Å². The first-order chi connectivity index (χ1) is 13.0. The number of hydrogen-bond donors (Lipinski definition) is 1. The number of amides is 1. The van der Waals surface area contributed by atoms with E-state index >= 15 is 0 Å². The molecule has 1 amide bonds. The Hall–Kier alpha value is -2.75. The summed E-state index contributed by atoms with van der Waals surface area (Å²) in [5.74, 6) is -2.52. The third kappa shape index (κ3) is 4.00. The lowest BCUT2D eigenvalue weighted by Gasteiger charge is -2.36. The van der Waals surface area contributed by atoms with Gasteiger partial charge in [0, 0.05) is 56.9 Å². The Morgan fingerprint density at radius 2 is 2.00 bits per heavy atom. The molecule has 1 N–H and O–H groups in total. The molecule has 8 nitrogen and oxygen atoms in total. The summed E-state index contributed by atoms with van der Waals surface area (Å²) >= 11 is 0. The standard InChI is InChI=1S/C17H19F2N7O/c18-17(19)5-14-10-25(3-4-26(14)11-17)15(27)12-6-22-16(23-7-12)24-9-13-8-20-1-2-21-13/h1-2,6-8,14H,3-5,9-11H2,(H,22,23,24)/t14-/m0/s1. The summed E-state index contributed by atoms with van der Waals surface area (Å²) < 4.78 is 27.1. The Kier molecular flexibility index (Phi) is 4.65. The molecular weight excluding hydrogens is 356 g/mol. The molecule has 1 atom stereocenters. The molecule has 2 saturated heterocycles. The molecule has 2 aliphatic rings. The number of hydrogen-bond acceptors (Lipinski definition) is 7. The Morgan fingerprint density at radius 3 is 2.74 bits per heavy atom. The maximum absolute atomic E-state index is 13.6. The van der Waals surface area contributed by atoms with Crippen molar-refractivity contribution in [1.29, 1.82) is 0 Å². The van der Waals surface area contributed by atoms with Crippen LogP contribution >= 0.6 is 0 Å². The van der Waals surface area contributed by atoms with E-state index in [1.165, 1.54) is 12.4 Å². The first kappa shape index (κ1) is 17.7. The quantitative estimate of drug-likeness (QED) is 0.854. The summed E-state index contributed by atoms with van der Waals surface area (Å²) in [6, 6.07) is -0.286. The van der Waals surface area contributed by atoms with Gasteiger partial charge in [0.15, 0.2) is 0 Å². The lowest BCUT2D eigenvalue weighted by Crippen LogP contribution is -2.52. The van der Waals surface area contributed by atoms with Gasteiger partial charge < -0.3 is 10.2 Å². The molecule has 10 heteroatoms. The topological polar surface area (TPSA) is 87.1 Å². The second kappa shape index (κ2) is 7.10. The van der Waals surface area contributed by atoms with Crippen molar-refractivity contribution in [2.75, 3.05) is 31.5 Å². The van der Waals surface area contributed by atoms with E-state index in [1.54, 1.807) is 28.4 Å². The van der Waals surface area contributed by atoms with Gasteiger partial charge in [0.25, 0.3) is 11.8 Å². The van der Waals surface area contributed by atoms with Crippen LogP contribution in [0.1, 0.15) is 22.5 Å². The van der Waals surface area contributed by atoms with E-state index in [9.17, 15) is 13.6 Å². The number of carbonyl (C=O) groups excluding carboxylic acids is 1. The van der Waals surface area contributed by atoms with Gasteiger partial charge >= 0.3 is 0 Å². The van der Waals surface area contributed by atoms with Crippen LogP contribution in [0.5, 0.6) is 0 Å². The molecule has 2 fully saturated rings. The Morgan fingerprint density at radius 1 is 1.19 bits per heavy atom. The highest BCUT2D eigenvalue weighted by atomic mass is 19.3. The van der Waals surface area contributed by atoms with Crippen LogP contribution in [0, 0.1) is 0 Å². The zero-order valence-corrected chi connectivity index (χ0v) is 14.6. The number of rotatable bonds is 4. The van der Waals surface area contributed by atoms with Crippen LogP contribution in [0.4, 0.5) is 14.7 Å². The molecule has 0 aromatic carbocycles. The van der Waals surface area contributed by atoms with E-state index in [0.717, 1.165) is 5.69 Å². The molecule has 0 unspecified atom stereocenters. The number of anilines is 1. The summed E-state index contributed by atoms with van der Waals surface area (Å²) in [6.45, 7) is 1.40. The molecule has 142 valence electrons. The van der Waals surface area contributed by atoms with Crippen LogP contribution < -0.4 is 5.32 Å². The van der Waals surface area contributed by atoms with Gasteiger partial charge in [-0.25, -0.2) is 18.7 Å². The average Bonchev–Trinajstić information content (AvgIpc) is 3.00. The zero-order valence-electron chi connectivity index (χ0n) is 14.6. The second-order valence-electron chi connectivity index (χ2n) is 6.78. The zero-order chi connectivity index (χ0) is 18.9. The smallest absolute Gasteiger partial charge is 0.262 e. The van der Waals surface area contributed by atoms with Gasteiger partial charge in [-0.1, -0.05) is 0 Å². The minimum Gasteiger partial charge on any atom is -0.349 e. The molecule has 0 saturated carbocycles. The first-order valence-corrected chi connectivity index (χ1v) is 8.72. The summed E-state index contributed by atoms with van der Waals surface area (Å²) in [6.07, 6.45) is 7.52. The van der Waals surface area contributed by atoms with Crippen molar-refractivity contribution in [3.8, 4) is 0 Å². The van der Waals surface area contributed by atoms with Gasteiger partial charge in [-0.05, 0) is 0 Å². The number of nitrogens with zero attached hydrogens (tertiary/aromatic N) is 6. The molecule has 0 radical (unpaired) electrons. The first-order valence-electron chi connectivity index (χ1n) is 8.72. The van der Waals surface area contributed by atoms with E-state index in [0.29, 0.717) is 37.7 Å². The fourth-order valence-electron chi connectivity index (χ4n) is 3.49. The minimum absolute atomic E-state index is 0.196. The van der Waals surface area contributed by atoms with Gasteiger partial charge in [0.2, 0.25) is 5.95 Å². The van der Waals surface area contributed by atoms with Gasteiger partial charge in [0.1, 0.15) is 0 Å². The summed E-state index contributed by atoms with van der Waals surface area (Å²) in [4.78, 5) is 32.4. The number of alkyl halides is 2. The highest BCUT2D eigenvalue weighted by Crippen LogP contribution is 2.34. The van der Waals surface area contributed by atoms with Crippen LogP contribution in [0.3, 0.4) is 0 Å². The van der Waals surface area contributed by atoms with E-state index < -0.39 is 5.92 Å². The summed E-state index contributed by atoms with van der Waals surface area (Å²) in [5.41, 5.74) is 1.09. The van der Waals surface area contributed by atoms with Crippen LogP contribution in [0.2, 0.25) is 0 Å². The van der Waals surface area contributed by atoms with Crippen molar-refractivity contribution >= 4 is 11.9 Å². The lowest BCUT2D eigenvalue weighted by atomic mass is 10.1. The highest BCUT2D eigenvalue weighted by molar-refractivity contribution is 5.93. The van der Waals surface area contributed by atoms with E-state index in [1.807, 2.05) is 0 Å². The van der Waals surface area contributed by atoms with Crippen molar-refractivity contribution in [3.05, 3.63) is 42.2 Å². The van der Waals surface area contributed by atoms with Crippen molar-refractivity contribution in [3.63, 3.8) is 0 Å². The van der Waals surface area contributed by atoms with Gasteiger partial charge in [-0.2, -0.15) is 0 Å². The SMILES string of the molecule is O=C(c1cnc(NCc2cnccn2)nc1)N1CCN2CC(F)(F)C[C@H]2C1. The molecule has 4 rings (SSSR count). The molecular formula is C17H19F2N7O. The predicted molar refractivity (Wildman–Crippen MR) is 92.2 cm³/mol. The van der Waals surface area contributed by atoms with Crippen LogP contribution in [0.25, 0.3) is 0 Å². The molecule has 0 aliphatic carbocycles. The molecule has 27 heavy (non-hydrogen) atoms. The monoisotopic (exact) mass is 375 g/mol. The number of piperazine rings is 1. The summed E-state index contributed by atoms with van der Waals surface area (Å²) in [5, 5.41) is 3.01. The molecule has 2 aliphatic heterocycles. The number of carbonyl (C=O) groups is 1. The second-order valence-corrected chi connectivity index (χ2v) is 6.78. The van der Waals surface area contributed by atoms with Gasteiger partial charge in [0.05, 0.1) is 30.5 Å². The molecule has 0 spiro atoms. The molecule has 2 aromatic heterocycles. The predicted octanol–water partition coefficient (Wildman–Crippen LogP) is 1.04. The van der Waals surface area contributed by atoms with Gasteiger partial charge in [-0.3, -0.25) is 19.7 Å². The minimum atomic E-state index is -2.66. The molecule has 2 aromatic rings. The highest BCUT2D eigenvalue weighted by Gasteiger charge is 2.47. The molecule has 0 bridgehead atoms. The normalized spacial score (nSPS) is 21.7. The largest absolute Gasteiger partial charge is 0.349 e. The van der Waals surface area contributed by atoms with E-state index in [2.05, 4.69) is 25.3 Å². The average molecular weight is 375 g/mol. The van der Waals surface area contributed by atoms with Crippen LogP contribution in [-0.2, 0) is 6.54 Å². The summed E-state index contributed by atoms with van der Waals surface area (Å²) in [7, 11) is 0. The third-order valence-electron chi connectivity index (χ3n) is 4.80. The maximum atomic E-state index is 13.6. The number of nitrogens with one attached hydrogen (secondary N) is 1. The van der Waals surface area contributed by atoms with Crippen molar-refractivity contribution in [2.24, 2.45) is 0 Å². The fourth-order valence-corrected chi connectivity index (χ4v) is 3.49. The van der Waals surface area contributed by atoms with Crippen LogP contribution in [0.15, 0.2) is 31.0 Å². The van der Waals surface area contributed by atoms with Crippen LogP contribution in [-0.4, -0.2) is 73.8 Å². The Balaban J connectivity index is 1.35. The van der Waals surface area contributed by atoms with Crippen molar-refractivity contribution < 1.29 is 13.6 Å². The molecule has 4 heterocycles. The lowest BCUT2D eigenvalue weighted by molar-refractivity contribution is 0.0121. The van der Waals surface area contributed by atoms with Crippen molar-refractivity contribution in [2.45, 2.75) is 24.9 Å². The number of aromatic nitrogens is 4. The van der Waals surface area contributed by atoms with E-state index in [-0.39, 0.29) is 24.9 Å². The maximum Gasteiger partial charge on any atom is 0.262 e. The number of fused-ring (bicyclic) bond motifs is 1.